The summed E-state index contributed by atoms with van der Waals surface area (Å²) in [6.07, 6.45) is 2.04. The van der Waals surface area contributed by atoms with Crippen molar-refractivity contribution >= 4 is 10.8 Å². The van der Waals surface area contributed by atoms with Gasteiger partial charge in [0.05, 0.1) is 6.61 Å². The number of phenols is 1. The highest BCUT2D eigenvalue weighted by Crippen LogP contribution is 2.32. The van der Waals surface area contributed by atoms with E-state index in [-0.39, 0.29) is 11.9 Å². The van der Waals surface area contributed by atoms with Gasteiger partial charge >= 0.3 is 0 Å². The molecule has 2 aromatic carbocycles. The minimum absolute atomic E-state index is 0.0470. The Morgan fingerprint density at radius 1 is 1.17 bits per heavy atom. The van der Waals surface area contributed by atoms with E-state index in [1.807, 2.05) is 30.3 Å². The van der Waals surface area contributed by atoms with Crippen LogP contribution in [-0.2, 0) is 4.74 Å². The first-order chi connectivity index (χ1) is 8.83. The highest BCUT2D eigenvalue weighted by atomic mass is 16.5. The van der Waals surface area contributed by atoms with Gasteiger partial charge in [-0.15, -0.1) is 0 Å². The molecule has 1 saturated heterocycles. The van der Waals surface area contributed by atoms with E-state index in [9.17, 15) is 5.11 Å². The zero-order chi connectivity index (χ0) is 12.4. The quantitative estimate of drug-likeness (QED) is 0.882. The SMILES string of the molecule is Oc1cc2ccccc2cc1OC1CCCOC1. The van der Waals surface area contributed by atoms with Crippen LogP contribution >= 0.6 is 0 Å². The lowest BCUT2D eigenvalue weighted by atomic mass is 10.1. The molecule has 0 spiro atoms. The zero-order valence-corrected chi connectivity index (χ0v) is 10.1. The topological polar surface area (TPSA) is 38.7 Å². The first kappa shape index (κ1) is 11.4. The van der Waals surface area contributed by atoms with Crippen LogP contribution in [-0.4, -0.2) is 24.4 Å². The van der Waals surface area contributed by atoms with Gasteiger partial charge in [0, 0.05) is 6.61 Å². The van der Waals surface area contributed by atoms with Crippen LogP contribution in [0.2, 0.25) is 0 Å². The highest BCUT2D eigenvalue weighted by molar-refractivity contribution is 5.85. The number of ether oxygens (including phenoxy) is 2. The van der Waals surface area contributed by atoms with Crippen LogP contribution < -0.4 is 4.74 Å². The van der Waals surface area contributed by atoms with Crippen molar-refractivity contribution in [3.05, 3.63) is 36.4 Å². The van der Waals surface area contributed by atoms with Gasteiger partial charge in [0.2, 0.25) is 0 Å². The van der Waals surface area contributed by atoms with E-state index in [4.69, 9.17) is 9.47 Å². The maximum Gasteiger partial charge on any atom is 0.162 e. The molecule has 1 fully saturated rings. The lowest BCUT2D eigenvalue weighted by molar-refractivity contribution is 0.00652. The molecule has 0 radical (unpaired) electrons. The van der Waals surface area contributed by atoms with Gasteiger partial charge in [0.1, 0.15) is 6.10 Å². The lowest BCUT2D eigenvalue weighted by Crippen LogP contribution is -2.28. The molecule has 0 saturated carbocycles. The number of rotatable bonds is 2. The summed E-state index contributed by atoms with van der Waals surface area (Å²) in [5.74, 6) is 0.739. The summed E-state index contributed by atoms with van der Waals surface area (Å²) in [4.78, 5) is 0. The molecule has 3 heteroatoms. The van der Waals surface area contributed by atoms with Gasteiger partial charge in [-0.2, -0.15) is 0 Å². The number of benzene rings is 2. The number of fused-ring (bicyclic) bond motifs is 1. The molecule has 94 valence electrons. The lowest BCUT2D eigenvalue weighted by Gasteiger charge is -2.23. The molecular formula is C15H16O3. The molecule has 1 heterocycles. The Labute approximate surface area is 106 Å². The largest absolute Gasteiger partial charge is 0.504 e. The summed E-state index contributed by atoms with van der Waals surface area (Å²) in [5.41, 5.74) is 0. The molecule has 1 aliphatic heterocycles. The maximum absolute atomic E-state index is 9.97. The molecule has 3 rings (SSSR count). The van der Waals surface area contributed by atoms with E-state index in [1.54, 1.807) is 6.07 Å². The van der Waals surface area contributed by atoms with Crippen LogP contribution in [0.5, 0.6) is 11.5 Å². The van der Waals surface area contributed by atoms with Crippen molar-refractivity contribution in [3.63, 3.8) is 0 Å². The number of aromatic hydroxyl groups is 1. The van der Waals surface area contributed by atoms with Crippen LogP contribution in [0.3, 0.4) is 0 Å². The summed E-state index contributed by atoms with van der Waals surface area (Å²) in [5, 5.41) is 12.1. The first-order valence-electron chi connectivity index (χ1n) is 6.29. The predicted octanol–water partition coefficient (Wildman–Crippen LogP) is 3.10. The maximum atomic E-state index is 9.97. The highest BCUT2D eigenvalue weighted by Gasteiger charge is 2.17. The summed E-state index contributed by atoms with van der Waals surface area (Å²) in [7, 11) is 0. The first-order valence-corrected chi connectivity index (χ1v) is 6.29. The second kappa shape index (κ2) is 4.86. The third kappa shape index (κ3) is 2.27. The molecule has 0 aromatic heterocycles. The van der Waals surface area contributed by atoms with E-state index >= 15 is 0 Å². The number of hydrogen-bond donors (Lipinski definition) is 1. The summed E-state index contributed by atoms with van der Waals surface area (Å²) < 4.78 is 11.2. The molecule has 2 aromatic rings. The van der Waals surface area contributed by atoms with Gasteiger partial charge in [0.15, 0.2) is 11.5 Å². The van der Waals surface area contributed by atoms with Crippen molar-refractivity contribution < 1.29 is 14.6 Å². The molecular weight excluding hydrogens is 228 g/mol. The van der Waals surface area contributed by atoms with E-state index in [2.05, 4.69) is 0 Å². The number of hydrogen-bond acceptors (Lipinski definition) is 3. The van der Waals surface area contributed by atoms with Crippen molar-refractivity contribution in [3.8, 4) is 11.5 Å². The molecule has 3 nitrogen and oxygen atoms in total. The van der Waals surface area contributed by atoms with E-state index in [0.29, 0.717) is 12.4 Å². The molecule has 1 unspecified atom stereocenters. The van der Waals surface area contributed by atoms with E-state index < -0.39 is 0 Å². The van der Waals surface area contributed by atoms with Gasteiger partial charge in [-0.3, -0.25) is 0 Å². The van der Waals surface area contributed by atoms with Gasteiger partial charge in [-0.1, -0.05) is 24.3 Å². The van der Waals surface area contributed by atoms with E-state index in [0.717, 1.165) is 30.2 Å². The molecule has 1 N–H and O–H groups in total. The average molecular weight is 244 g/mol. The number of phenolic OH excluding ortho intramolecular Hbond substituents is 1. The fourth-order valence-electron chi connectivity index (χ4n) is 2.29. The minimum Gasteiger partial charge on any atom is -0.504 e. The van der Waals surface area contributed by atoms with Crippen LogP contribution in [0.4, 0.5) is 0 Å². The summed E-state index contributed by atoms with van der Waals surface area (Å²) >= 11 is 0. The van der Waals surface area contributed by atoms with Crippen molar-refractivity contribution in [1.29, 1.82) is 0 Å². The zero-order valence-electron chi connectivity index (χ0n) is 10.1. The Morgan fingerprint density at radius 2 is 1.94 bits per heavy atom. The van der Waals surface area contributed by atoms with Crippen LogP contribution in [0.25, 0.3) is 10.8 Å². The summed E-state index contributed by atoms with van der Waals surface area (Å²) in [6, 6.07) is 11.6. The van der Waals surface area contributed by atoms with Crippen LogP contribution in [0, 0.1) is 0 Å². The average Bonchev–Trinajstić information content (AvgIpc) is 2.41. The van der Waals surface area contributed by atoms with Crippen molar-refractivity contribution in [2.24, 2.45) is 0 Å². The molecule has 0 bridgehead atoms. The fraction of sp³-hybridized carbons (Fsp3) is 0.333. The normalized spacial score (nSPS) is 19.9. The standard InChI is InChI=1S/C15H16O3/c16-14-8-11-4-1-2-5-12(11)9-15(14)18-13-6-3-7-17-10-13/h1-2,4-5,8-9,13,16H,3,6-7,10H2. The Morgan fingerprint density at radius 3 is 2.67 bits per heavy atom. The second-order valence-electron chi connectivity index (χ2n) is 4.62. The molecule has 0 amide bonds. The minimum atomic E-state index is 0.0470. The Hall–Kier alpha value is -1.74. The van der Waals surface area contributed by atoms with Gasteiger partial charge in [0.25, 0.3) is 0 Å². The molecule has 18 heavy (non-hydrogen) atoms. The third-order valence-corrected chi connectivity index (χ3v) is 3.24. The smallest absolute Gasteiger partial charge is 0.162 e. The van der Waals surface area contributed by atoms with Crippen molar-refractivity contribution in [2.45, 2.75) is 18.9 Å². The molecule has 1 atom stereocenters. The Bertz CT molecular complexity index is 544. The van der Waals surface area contributed by atoms with Gasteiger partial charge in [-0.05, 0) is 35.7 Å². The molecule has 1 aliphatic rings. The third-order valence-electron chi connectivity index (χ3n) is 3.24. The summed E-state index contributed by atoms with van der Waals surface area (Å²) in [6.45, 7) is 1.41. The monoisotopic (exact) mass is 244 g/mol. The Kier molecular flexibility index (Phi) is 3.07. The van der Waals surface area contributed by atoms with Crippen LogP contribution in [0.1, 0.15) is 12.8 Å². The fourth-order valence-corrected chi connectivity index (χ4v) is 2.29. The van der Waals surface area contributed by atoms with E-state index in [1.165, 1.54) is 0 Å². The molecule has 0 aliphatic carbocycles. The van der Waals surface area contributed by atoms with Gasteiger partial charge in [-0.25, -0.2) is 0 Å². The predicted molar refractivity (Wildman–Crippen MR) is 70.1 cm³/mol. The van der Waals surface area contributed by atoms with Crippen molar-refractivity contribution in [2.75, 3.05) is 13.2 Å². The second-order valence-corrected chi connectivity index (χ2v) is 4.62. The Balaban J connectivity index is 1.88. The van der Waals surface area contributed by atoms with Gasteiger partial charge < -0.3 is 14.6 Å². The van der Waals surface area contributed by atoms with Crippen LogP contribution in [0.15, 0.2) is 36.4 Å². The van der Waals surface area contributed by atoms with Crippen molar-refractivity contribution in [1.82, 2.24) is 0 Å².